The monoisotopic (exact) mass is 344 g/mol. The first-order valence-corrected chi connectivity index (χ1v) is 9.20. The largest absolute Gasteiger partial charge is 0.341 e. The van der Waals surface area contributed by atoms with Gasteiger partial charge in [-0.2, -0.15) is 0 Å². The van der Waals surface area contributed by atoms with E-state index in [1.165, 1.54) is 0 Å². The second-order valence-corrected chi connectivity index (χ2v) is 7.27. The van der Waals surface area contributed by atoms with Crippen molar-refractivity contribution in [2.45, 2.75) is 38.6 Å². The molecule has 2 fully saturated rings. The zero-order valence-corrected chi connectivity index (χ0v) is 14.9. The van der Waals surface area contributed by atoms with Crippen molar-refractivity contribution < 1.29 is 9.59 Å². The average molecular weight is 344 g/mol. The molecule has 2 atom stereocenters. The maximum Gasteiger partial charge on any atom is 0.321 e. The van der Waals surface area contributed by atoms with Crippen LogP contribution in [-0.2, 0) is 4.79 Å². The van der Waals surface area contributed by atoms with E-state index in [9.17, 15) is 9.59 Å². The molecule has 2 aliphatic heterocycles. The van der Waals surface area contributed by atoms with Crippen LogP contribution in [0.2, 0.25) is 0 Å². The topological polar surface area (TPSA) is 78.7 Å². The van der Waals surface area contributed by atoms with Crippen molar-refractivity contribution in [3.8, 4) is 0 Å². The minimum absolute atomic E-state index is 0.0852. The van der Waals surface area contributed by atoms with E-state index in [0.717, 1.165) is 43.5 Å². The molecule has 3 N–H and O–H groups in total. The van der Waals surface area contributed by atoms with Gasteiger partial charge in [-0.15, -0.1) is 0 Å². The predicted molar refractivity (Wildman–Crippen MR) is 98.3 cm³/mol. The molecule has 2 heterocycles. The number of nitrogens with zero attached hydrogens (tertiary/aromatic N) is 2. The molecule has 3 amide bonds. The molecule has 2 unspecified atom stereocenters. The lowest BCUT2D eigenvalue weighted by Gasteiger charge is -2.37. The molecular formula is C19H28N4O2. The molecule has 0 bridgehead atoms. The predicted octanol–water partition coefficient (Wildman–Crippen LogP) is 2.19. The van der Waals surface area contributed by atoms with Crippen LogP contribution in [0.4, 0.5) is 10.5 Å². The van der Waals surface area contributed by atoms with Gasteiger partial charge in [0.05, 0.1) is 5.92 Å². The SMILES string of the molecule is Cc1cccc(NC(=O)N2CCCC(C(=O)N3CCCC(N)C3)C2)c1. The Bertz CT molecular complexity index is 634. The van der Waals surface area contributed by atoms with Crippen molar-refractivity contribution in [3.05, 3.63) is 29.8 Å². The van der Waals surface area contributed by atoms with Gasteiger partial charge in [0.25, 0.3) is 0 Å². The number of likely N-dealkylation sites (tertiary alicyclic amines) is 2. The summed E-state index contributed by atoms with van der Waals surface area (Å²) in [5.74, 6) is 0.0468. The fourth-order valence-electron chi connectivity index (χ4n) is 3.76. The zero-order chi connectivity index (χ0) is 17.8. The van der Waals surface area contributed by atoms with Gasteiger partial charge in [0.1, 0.15) is 0 Å². The number of benzene rings is 1. The van der Waals surface area contributed by atoms with E-state index in [1.54, 1.807) is 4.90 Å². The third-order valence-electron chi connectivity index (χ3n) is 5.10. The van der Waals surface area contributed by atoms with Crippen molar-refractivity contribution in [2.75, 3.05) is 31.5 Å². The van der Waals surface area contributed by atoms with Crippen molar-refractivity contribution in [2.24, 2.45) is 11.7 Å². The number of nitrogens with one attached hydrogen (secondary N) is 1. The minimum atomic E-state index is -0.126. The fourth-order valence-corrected chi connectivity index (χ4v) is 3.76. The highest BCUT2D eigenvalue weighted by atomic mass is 16.2. The van der Waals surface area contributed by atoms with E-state index in [2.05, 4.69) is 5.32 Å². The first kappa shape index (κ1) is 17.7. The number of rotatable bonds is 2. The summed E-state index contributed by atoms with van der Waals surface area (Å²) in [7, 11) is 0. The third-order valence-corrected chi connectivity index (χ3v) is 5.10. The number of piperidine rings is 2. The van der Waals surface area contributed by atoms with E-state index in [0.29, 0.717) is 19.6 Å². The third kappa shape index (κ3) is 4.51. The Morgan fingerprint density at radius 2 is 1.88 bits per heavy atom. The Morgan fingerprint density at radius 3 is 2.64 bits per heavy atom. The molecule has 6 nitrogen and oxygen atoms in total. The van der Waals surface area contributed by atoms with Crippen LogP contribution in [0.1, 0.15) is 31.2 Å². The van der Waals surface area contributed by atoms with Crippen LogP contribution in [-0.4, -0.2) is 54.0 Å². The molecule has 2 aliphatic rings. The molecule has 1 aromatic rings. The van der Waals surface area contributed by atoms with Crippen LogP contribution in [0.5, 0.6) is 0 Å². The molecule has 0 aromatic heterocycles. The van der Waals surface area contributed by atoms with Gasteiger partial charge in [-0.3, -0.25) is 4.79 Å². The molecule has 1 aromatic carbocycles. The lowest BCUT2D eigenvalue weighted by molar-refractivity contribution is -0.138. The summed E-state index contributed by atoms with van der Waals surface area (Å²) in [5, 5.41) is 2.94. The van der Waals surface area contributed by atoms with Crippen LogP contribution in [0, 0.1) is 12.8 Å². The Labute approximate surface area is 149 Å². The van der Waals surface area contributed by atoms with Crippen molar-refractivity contribution >= 4 is 17.6 Å². The van der Waals surface area contributed by atoms with Gasteiger partial charge >= 0.3 is 6.03 Å². The van der Waals surface area contributed by atoms with Crippen LogP contribution >= 0.6 is 0 Å². The number of hydrogen-bond acceptors (Lipinski definition) is 3. The Morgan fingerprint density at radius 1 is 1.12 bits per heavy atom. The van der Waals surface area contributed by atoms with Gasteiger partial charge in [-0.1, -0.05) is 12.1 Å². The lowest BCUT2D eigenvalue weighted by atomic mass is 9.95. The van der Waals surface area contributed by atoms with Gasteiger partial charge in [0.2, 0.25) is 5.91 Å². The summed E-state index contributed by atoms with van der Waals surface area (Å²) < 4.78 is 0. The highest BCUT2D eigenvalue weighted by Gasteiger charge is 2.32. The highest BCUT2D eigenvalue weighted by molar-refractivity contribution is 5.90. The molecule has 3 rings (SSSR count). The minimum Gasteiger partial charge on any atom is -0.341 e. The highest BCUT2D eigenvalue weighted by Crippen LogP contribution is 2.22. The van der Waals surface area contributed by atoms with E-state index < -0.39 is 0 Å². The van der Waals surface area contributed by atoms with Crippen molar-refractivity contribution in [3.63, 3.8) is 0 Å². The number of aryl methyl sites for hydroxylation is 1. The molecule has 25 heavy (non-hydrogen) atoms. The van der Waals surface area contributed by atoms with Gasteiger partial charge in [-0.25, -0.2) is 4.79 Å². The van der Waals surface area contributed by atoms with Gasteiger partial charge in [0.15, 0.2) is 0 Å². The maximum atomic E-state index is 12.8. The summed E-state index contributed by atoms with van der Waals surface area (Å²) in [4.78, 5) is 29.0. The van der Waals surface area contributed by atoms with Gasteiger partial charge in [0, 0.05) is 37.9 Å². The molecule has 0 radical (unpaired) electrons. The Balaban J connectivity index is 1.58. The summed E-state index contributed by atoms with van der Waals surface area (Å²) in [6.45, 7) is 4.61. The summed E-state index contributed by atoms with van der Waals surface area (Å²) in [6, 6.07) is 7.70. The summed E-state index contributed by atoms with van der Waals surface area (Å²) in [6.07, 6.45) is 3.66. The smallest absolute Gasteiger partial charge is 0.321 e. The van der Waals surface area contributed by atoms with Crippen LogP contribution in [0.25, 0.3) is 0 Å². The Hall–Kier alpha value is -2.08. The van der Waals surface area contributed by atoms with Crippen LogP contribution in [0.15, 0.2) is 24.3 Å². The van der Waals surface area contributed by atoms with E-state index in [1.807, 2.05) is 36.1 Å². The summed E-state index contributed by atoms with van der Waals surface area (Å²) >= 11 is 0. The second-order valence-electron chi connectivity index (χ2n) is 7.27. The van der Waals surface area contributed by atoms with E-state index in [4.69, 9.17) is 5.73 Å². The van der Waals surface area contributed by atoms with Gasteiger partial charge in [-0.05, 0) is 50.3 Å². The molecule has 0 aliphatic carbocycles. The maximum absolute atomic E-state index is 12.8. The molecule has 2 saturated heterocycles. The molecule has 0 spiro atoms. The van der Waals surface area contributed by atoms with Crippen molar-refractivity contribution in [1.29, 1.82) is 0 Å². The molecule has 136 valence electrons. The number of urea groups is 1. The normalized spacial score (nSPS) is 24.1. The summed E-state index contributed by atoms with van der Waals surface area (Å²) in [5.41, 5.74) is 7.89. The standard InChI is InChI=1S/C19H28N4O2/c1-14-5-2-8-17(11-14)21-19(25)23-10-3-6-15(12-23)18(24)22-9-4-7-16(20)13-22/h2,5,8,11,15-16H,3-4,6-7,9-10,12-13,20H2,1H3,(H,21,25). The van der Waals surface area contributed by atoms with Crippen LogP contribution < -0.4 is 11.1 Å². The first-order chi connectivity index (χ1) is 12.0. The molecular weight excluding hydrogens is 316 g/mol. The molecule has 6 heteroatoms. The zero-order valence-electron chi connectivity index (χ0n) is 14.9. The second kappa shape index (κ2) is 7.87. The fraction of sp³-hybridized carbons (Fsp3) is 0.579. The van der Waals surface area contributed by atoms with Crippen molar-refractivity contribution in [1.82, 2.24) is 9.80 Å². The van der Waals surface area contributed by atoms with Crippen LogP contribution in [0.3, 0.4) is 0 Å². The number of amides is 3. The number of carbonyl (C=O) groups excluding carboxylic acids is 2. The number of anilines is 1. The number of nitrogens with two attached hydrogens (primary N) is 1. The van der Waals surface area contributed by atoms with E-state index >= 15 is 0 Å². The first-order valence-electron chi connectivity index (χ1n) is 9.20. The number of carbonyl (C=O) groups is 2. The quantitative estimate of drug-likeness (QED) is 0.863. The lowest BCUT2D eigenvalue weighted by Crippen LogP contribution is -2.52. The Kier molecular flexibility index (Phi) is 5.58. The molecule has 0 saturated carbocycles. The van der Waals surface area contributed by atoms with Gasteiger partial charge < -0.3 is 20.9 Å². The van der Waals surface area contributed by atoms with E-state index in [-0.39, 0.29) is 23.9 Å². The average Bonchev–Trinajstić information content (AvgIpc) is 2.61. The number of hydrogen-bond donors (Lipinski definition) is 2.